The zero-order valence-corrected chi connectivity index (χ0v) is 10.2. The third kappa shape index (κ3) is 2.12. The lowest BCUT2D eigenvalue weighted by atomic mass is 10.1. The molecule has 0 amide bonds. The summed E-state index contributed by atoms with van der Waals surface area (Å²) in [5.41, 5.74) is 2.10. The number of anilines is 1. The van der Waals surface area contributed by atoms with Gasteiger partial charge in [-0.3, -0.25) is 0 Å². The van der Waals surface area contributed by atoms with Crippen LogP contribution in [0, 0.1) is 12.8 Å². The predicted octanol–water partition coefficient (Wildman–Crippen LogP) is 2.64. The molecule has 0 unspecified atom stereocenters. The van der Waals surface area contributed by atoms with E-state index in [0.29, 0.717) is 0 Å². The summed E-state index contributed by atoms with van der Waals surface area (Å²) in [5, 5.41) is 7.86. The third-order valence-electron chi connectivity index (χ3n) is 3.54. The second-order valence-electron chi connectivity index (χ2n) is 4.92. The van der Waals surface area contributed by atoms with E-state index in [9.17, 15) is 0 Å². The molecule has 17 heavy (non-hydrogen) atoms. The van der Waals surface area contributed by atoms with Crippen LogP contribution in [0.2, 0.25) is 0 Å². The number of nitrogens with one attached hydrogen (secondary N) is 1. The lowest BCUT2D eigenvalue weighted by Crippen LogP contribution is -2.12. The molecule has 1 aliphatic carbocycles. The van der Waals surface area contributed by atoms with E-state index in [2.05, 4.69) is 21.5 Å². The highest BCUT2D eigenvalue weighted by Gasteiger charge is 2.15. The quantitative estimate of drug-likeness (QED) is 0.881. The van der Waals surface area contributed by atoms with E-state index >= 15 is 0 Å². The Labute approximate surface area is 101 Å². The first-order valence-electron chi connectivity index (χ1n) is 6.38. The van der Waals surface area contributed by atoms with Crippen LogP contribution in [0.4, 0.5) is 5.82 Å². The minimum absolute atomic E-state index is 0.820. The van der Waals surface area contributed by atoms with Crippen molar-refractivity contribution in [2.24, 2.45) is 5.92 Å². The molecule has 0 saturated heterocycles. The van der Waals surface area contributed by atoms with E-state index in [0.717, 1.165) is 29.5 Å². The minimum atomic E-state index is 0.820. The van der Waals surface area contributed by atoms with Crippen molar-refractivity contribution in [1.82, 2.24) is 14.6 Å². The summed E-state index contributed by atoms with van der Waals surface area (Å²) in [7, 11) is 0. The summed E-state index contributed by atoms with van der Waals surface area (Å²) in [6.07, 6.45) is 9.17. The topological polar surface area (TPSA) is 42.2 Å². The Morgan fingerprint density at radius 3 is 3.06 bits per heavy atom. The van der Waals surface area contributed by atoms with Gasteiger partial charge in [0.15, 0.2) is 5.82 Å². The Morgan fingerprint density at radius 2 is 2.24 bits per heavy atom. The van der Waals surface area contributed by atoms with Gasteiger partial charge in [0, 0.05) is 18.9 Å². The average Bonchev–Trinajstić information content (AvgIpc) is 2.93. The first kappa shape index (κ1) is 10.6. The van der Waals surface area contributed by atoms with Gasteiger partial charge in [0.1, 0.15) is 5.52 Å². The van der Waals surface area contributed by atoms with Crippen LogP contribution in [0.15, 0.2) is 18.5 Å². The fourth-order valence-corrected chi connectivity index (χ4v) is 2.64. The smallest absolute Gasteiger partial charge is 0.152 e. The summed E-state index contributed by atoms with van der Waals surface area (Å²) in [4.78, 5) is 4.41. The minimum Gasteiger partial charge on any atom is -0.368 e. The van der Waals surface area contributed by atoms with Crippen LogP contribution >= 0.6 is 0 Å². The molecule has 3 rings (SSSR count). The molecule has 2 heterocycles. The molecule has 0 radical (unpaired) electrons. The highest BCUT2D eigenvalue weighted by atomic mass is 15.2. The summed E-state index contributed by atoms with van der Waals surface area (Å²) >= 11 is 0. The van der Waals surface area contributed by atoms with E-state index in [1.807, 2.05) is 17.6 Å². The molecule has 0 bridgehead atoms. The van der Waals surface area contributed by atoms with Crippen LogP contribution in [-0.4, -0.2) is 21.1 Å². The fourth-order valence-electron chi connectivity index (χ4n) is 2.64. The van der Waals surface area contributed by atoms with Crippen molar-refractivity contribution >= 4 is 11.3 Å². The molecule has 4 heteroatoms. The lowest BCUT2D eigenvalue weighted by Gasteiger charge is -2.11. The number of nitrogens with zero attached hydrogens (tertiary/aromatic N) is 3. The summed E-state index contributed by atoms with van der Waals surface area (Å²) in [5.74, 6) is 1.78. The largest absolute Gasteiger partial charge is 0.368 e. The van der Waals surface area contributed by atoms with Crippen molar-refractivity contribution in [2.45, 2.75) is 32.6 Å². The number of hydrogen-bond acceptors (Lipinski definition) is 3. The Hall–Kier alpha value is -1.58. The Bertz CT molecular complexity index is 511. The third-order valence-corrected chi connectivity index (χ3v) is 3.54. The molecular formula is C13H18N4. The van der Waals surface area contributed by atoms with Gasteiger partial charge in [-0.05, 0) is 31.7 Å². The SMILES string of the molecule is Cc1cc2c(NCC3CCCC3)nccn2n1. The van der Waals surface area contributed by atoms with Crippen LogP contribution in [-0.2, 0) is 0 Å². The van der Waals surface area contributed by atoms with E-state index in [4.69, 9.17) is 0 Å². The van der Waals surface area contributed by atoms with E-state index < -0.39 is 0 Å². The molecule has 0 spiro atoms. The van der Waals surface area contributed by atoms with Gasteiger partial charge < -0.3 is 5.32 Å². The van der Waals surface area contributed by atoms with Crippen molar-refractivity contribution < 1.29 is 0 Å². The number of fused-ring (bicyclic) bond motifs is 1. The molecule has 1 N–H and O–H groups in total. The molecule has 2 aromatic rings. The predicted molar refractivity (Wildman–Crippen MR) is 68.2 cm³/mol. The van der Waals surface area contributed by atoms with Crippen LogP contribution in [0.1, 0.15) is 31.4 Å². The summed E-state index contributed by atoms with van der Waals surface area (Å²) < 4.78 is 1.89. The summed E-state index contributed by atoms with van der Waals surface area (Å²) in [6, 6.07) is 2.07. The first-order chi connectivity index (χ1) is 8.33. The van der Waals surface area contributed by atoms with E-state index in [-0.39, 0.29) is 0 Å². The van der Waals surface area contributed by atoms with Crippen molar-refractivity contribution in [3.63, 3.8) is 0 Å². The fraction of sp³-hybridized carbons (Fsp3) is 0.538. The van der Waals surface area contributed by atoms with Gasteiger partial charge in [-0.2, -0.15) is 5.10 Å². The van der Waals surface area contributed by atoms with Gasteiger partial charge in [0.25, 0.3) is 0 Å². The Morgan fingerprint density at radius 1 is 1.41 bits per heavy atom. The van der Waals surface area contributed by atoms with Crippen molar-refractivity contribution in [2.75, 3.05) is 11.9 Å². The number of aryl methyl sites for hydroxylation is 1. The Kier molecular flexibility index (Phi) is 2.71. The van der Waals surface area contributed by atoms with Crippen LogP contribution in [0.3, 0.4) is 0 Å². The Balaban J connectivity index is 1.79. The standard InChI is InChI=1S/C13H18N4/c1-10-8-12-13(14-6-7-17(12)16-10)15-9-11-4-2-3-5-11/h6-8,11H,2-5,9H2,1H3,(H,14,15). The van der Waals surface area contributed by atoms with E-state index in [1.54, 1.807) is 6.20 Å². The zero-order valence-electron chi connectivity index (χ0n) is 10.2. The molecular weight excluding hydrogens is 212 g/mol. The zero-order chi connectivity index (χ0) is 11.7. The first-order valence-corrected chi connectivity index (χ1v) is 6.38. The lowest BCUT2D eigenvalue weighted by molar-refractivity contribution is 0.579. The maximum absolute atomic E-state index is 4.41. The van der Waals surface area contributed by atoms with Gasteiger partial charge in [0.05, 0.1) is 5.69 Å². The molecule has 0 aliphatic heterocycles. The van der Waals surface area contributed by atoms with Crippen LogP contribution in [0.25, 0.3) is 5.52 Å². The monoisotopic (exact) mass is 230 g/mol. The average molecular weight is 230 g/mol. The molecule has 90 valence electrons. The van der Waals surface area contributed by atoms with Gasteiger partial charge in [-0.25, -0.2) is 9.50 Å². The molecule has 4 nitrogen and oxygen atoms in total. The van der Waals surface area contributed by atoms with Crippen LogP contribution < -0.4 is 5.32 Å². The molecule has 0 atom stereocenters. The van der Waals surface area contributed by atoms with Crippen molar-refractivity contribution in [3.05, 3.63) is 24.2 Å². The number of aromatic nitrogens is 3. The van der Waals surface area contributed by atoms with Crippen molar-refractivity contribution in [1.29, 1.82) is 0 Å². The highest BCUT2D eigenvalue weighted by molar-refractivity contribution is 5.67. The van der Waals surface area contributed by atoms with Crippen LogP contribution in [0.5, 0.6) is 0 Å². The van der Waals surface area contributed by atoms with Crippen molar-refractivity contribution in [3.8, 4) is 0 Å². The second kappa shape index (κ2) is 4.35. The molecule has 1 saturated carbocycles. The maximum Gasteiger partial charge on any atom is 0.152 e. The molecule has 2 aromatic heterocycles. The normalized spacial score (nSPS) is 16.8. The van der Waals surface area contributed by atoms with Gasteiger partial charge in [-0.1, -0.05) is 12.8 Å². The van der Waals surface area contributed by atoms with E-state index in [1.165, 1.54) is 25.7 Å². The van der Waals surface area contributed by atoms with Gasteiger partial charge in [0.2, 0.25) is 0 Å². The molecule has 0 aromatic carbocycles. The van der Waals surface area contributed by atoms with Gasteiger partial charge in [-0.15, -0.1) is 0 Å². The highest BCUT2D eigenvalue weighted by Crippen LogP contribution is 2.25. The maximum atomic E-state index is 4.41. The second-order valence-corrected chi connectivity index (χ2v) is 4.92. The molecule has 1 aliphatic rings. The molecule has 1 fully saturated rings. The van der Waals surface area contributed by atoms with Gasteiger partial charge >= 0.3 is 0 Å². The number of rotatable bonds is 3. The summed E-state index contributed by atoms with van der Waals surface area (Å²) in [6.45, 7) is 3.05. The number of hydrogen-bond donors (Lipinski definition) is 1.